The van der Waals surface area contributed by atoms with Crippen LogP contribution >= 0.6 is 0 Å². The van der Waals surface area contributed by atoms with E-state index in [2.05, 4.69) is 10.6 Å². The molecule has 0 aromatic heterocycles. The zero-order valence-corrected chi connectivity index (χ0v) is 19.6. The molecule has 11 heteroatoms. The van der Waals surface area contributed by atoms with Gasteiger partial charge in [0.25, 0.3) is 5.91 Å². The van der Waals surface area contributed by atoms with Crippen molar-refractivity contribution >= 4 is 29.3 Å². The number of alkyl halides is 3. The normalized spacial score (nSPS) is 21.1. The van der Waals surface area contributed by atoms with E-state index in [0.29, 0.717) is 18.5 Å². The molecule has 2 heterocycles. The molecule has 36 heavy (non-hydrogen) atoms. The molecule has 2 fully saturated rings. The van der Waals surface area contributed by atoms with Crippen LogP contribution in [0.1, 0.15) is 41.6 Å². The van der Waals surface area contributed by atoms with Crippen molar-refractivity contribution in [2.75, 3.05) is 18.9 Å². The maximum atomic E-state index is 13.1. The first-order valence-electron chi connectivity index (χ1n) is 11.6. The van der Waals surface area contributed by atoms with Crippen LogP contribution in [0.15, 0.2) is 48.5 Å². The van der Waals surface area contributed by atoms with E-state index in [1.165, 1.54) is 35.0 Å². The number of piperidine rings is 1. The first kappa shape index (κ1) is 25.3. The molecule has 3 amide bonds. The number of anilines is 2. The minimum atomic E-state index is -4.50. The predicted octanol–water partition coefficient (Wildman–Crippen LogP) is 4.31. The maximum absolute atomic E-state index is 13.1. The van der Waals surface area contributed by atoms with Crippen LogP contribution in [0, 0.1) is 0 Å². The van der Waals surface area contributed by atoms with Gasteiger partial charge in [0.05, 0.1) is 23.4 Å². The lowest BCUT2D eigenvalue weighted by Crippen LogP contribution is -2.53. The summed E-state index contributed by atoms with van der Waals surface area (Å²) in [7, 11) is 1.47. The second kappa shape index (κ2) is 10.1. The number of rotatable bonds is 6. The van der Waals surface area contributed by atoms with Crippen molar-refractivity contribution < 1.29 is 32.7 Å². The van der Waals surface area contributed by atoms with Crippen molar-refractivity contribution in [3.8, 4) is 0 Å². The number of carboxylic acid groups (broad SMARTS) is 1. The topological polar surface area (TPSA) is 102 Å². The van der Waals surface area contributed by atoms with Gasteiger partial charge < -0.3 is 25.5 Å². The zero-order valence-electron chi connectivity index (χ0n) is 19.6. The van der Waals surface area contributed by atoms with E-state index in [9.17, 15) is 32.7 Å². The molecule has 0 spiro atoms. The van der Waals surface area contributed by atoms with Crippen LogP contribution in [0.5, 0.6) is 0 Å². The fourth-order valence-electron chi connectivity index (χ4n) is 5.08. The van der Waals surface area contributed by atoms with Crippen LogP contribution in [0.25, 0.3) is 0 Å². The van der Waals surface area contributed by atoms with Gasteiger partial charge in [0, 0.05) is 30.9 Å². The number of nitrogens with zero attached hydrogens (tertiary/aromatic N) is 2. The third kappa shape index (κ3) is 5.55. The number of hydrogen-bond donors (Lipinski definition) is 3. The molecule has 0 aliphatic carbocycles. The van der Waals surface area contributed by atoms with Gasteiger partial charge in [0.1, 0.15) is 0 Å². The summed E-state index contributed by atoms with van der Waals surface area (Å²) >= 11 is 0. The van der Waals surface area contributed by atoms with E-state index in [4.69, 9.17) is 0 Å². The van der Waals surface area contributed by atoms with Crippen LogP contribution in [-0.4, -0.2) is 64.5 Å². The van der Waals surface area contributed by atoms with Gasteiger partial charge in [0.15, 0.2) is 0 Å². The lowest BCUT2D eigenvalue weighted by atomic mass is 9.98. The van der Waals surface area contributed by atoms with Crippen LogP contribution in [0.2, 0.25) is 0 Å². The van der Waals surface area contributed by atoms with Gasteiger partial charge in [-0.1, -0.05) is 18.2 Å². The number of carbonyl (C=O) groups excluding carboxylic acids is 2. The molecule has 0 saturated carbocycles. The van der Waals surface area contributed by atoms with Gasteiger partial charge in [-0.3, -0.25) is 9.59 Å². The van der Waals surface area contributed by atoms with E-state index < -0.39 is 23.7 Å². The standard InChI is InChI=1S/C25H27F3N4O4/c1-31(14-22(33)30-17-12-18-9-10-19(13-17)32(18)24(35)36)23(34)20-7-2-3-8-21(20)29-16-6-4-5-15(11-16)25(26,27)28/h2-8,11,17-19,29H,9-10,12-14H2,1H3,(H,30,33)(H,35,36). The Balaban J connectivity index is 1.38. The fraction of sp³-hybridized carbons (Fsp3) is 0.400. The number of benzene rings is 2. The minimum Gasteiger partial charge on any atom is -0.465 e. The largest absolute Gasteiger partial charge is 0.465 e. The molecule has 2 aromatic rings. The SMILES string of the molecule is CN(CC(=O)NC1CC2CCC(C1)N2C(=O)O)C(=O)c1ccccc1Nc1cccc(C(F)(F)F)c1. The molecule has 2 aromatic carbocycles. The maximum Gasteiger partial charge on any atom is 0.416 e. The van der Waals surface area contributed by atoms with Gasteiger partial charge in [-0.05, 0) is 56.0 Å². The summed E-state index contributed by atoms with van der Waals surface area (Å²) in [6, 6.07) is 10.7. The van der Waals surface area contributed by atoms with Gasteiger partial charge in [-0.25, -0.2) is 4.79 Å². The molecule has 2 saturated heterocycles. The summed E-state index contributed by atoms with van der Waals surface area (Å²) in [5, 5.41) is 15.2. The Labute approximate surface area is 206 Å². The quantitative estimate of drug-likeness (QED) is 0.544. The van der Waals surface area contributed by atoms with Crippen LogP contribution in [0.4, 0.5) is 29.3 Å². The molecule has 4 rings (SSSR count). The molecule has 2 atom stereocenters. The number of para-hydroxylation sites is 1. The van der Waals surface area contributed by atoms with Gasteiger partial charge >= 0.3 is 12.3 Å². The summed E-state index contributed by atoms with van der Waals surface area (Å²) in [6.45, 7) is -0.217. The monoisotopic (exact) mass is 504 g/mol. The van der Waals surface area contributed by atoms with Crippen molar-refractivity contribution in [3.63, 3.8) is 0 Å². The van der Waals surface area contributed by atoms with Crippen molar-refractivity contribution in [2.24, 2.45) is 0 Å². The lowest BCUT2D eigenvalue weighted by molar-refractivity contribution is -0.137. The smallest absolute Gasteiger partial charge is 0.416 e. The lowest BCUT2D eigenvalue weighted by Gasteiger charge is -2.37. The summed E-state index contributed by atoms with van der Waals surface area (Å²) in [6.07, 6.45) is -2.81. The Hall–Kier alpha value is -3.76. The Morgan fingerprint density at radius 1 is 1.06 bits per heavy atom. The molecule has 2 bridgehead atoms. The van der Waals surface area contributed by atoms with E-state index in [0.717, 1.165) is 25.0 Å². The third-order valence-electron chi connectivity index (χ3n) is 6.67. The second-order valence-electron chi connectivity index (χ2n) is 9.22. The number of fused-ring (bicyclic) bond motifs is 2. The van der Waals surface area contributed by atoms with Gasteiger partial charge in [0.2, 0.25) is 5.91 Å². The zero-order chi connectivity index (χ0) is 26.0. The number of carbonyl (C=O) groups is 3. The third-order valence-corrected chi connectivity index (χ3v) is 6.67. The van der Waals surface area contributed by atoms with Crippen molar-refractivity contribution in [3.05, 3.63) is 59.7 Å². The Bertz CT molecular complexity index is 1140. The molecule has 192 valence electrons. The van der Waals surface area contributed by atoms with Crippen molar-refractivity contribution in [1.82, 2.24) is 15.1 Å². The van der Waals surface area contributed by atoms with E-state index in [1.54, 1.807) is 18.2 Å². The first-order chi connectivity index (χ1) is 17.0. The summed E-state index contributed by atoms with van der Waals surface area (Å²) in [4.78, 5) is 39.9. The van der Waals surface area contributed by atoms with E-state index in [-0.39, 0.29) is 41.8 Å². The molecular formula is C25H27F3N4O4. The highest BCUT2D eigenvalue weighted by Gasteiger charge is 2.43. The molecule has 3 N–H and O–H groups in total. The fourth-order valence-corrected chi connectivity index (χ4v) is 5.08. The molecule has 0 radical (unpaired) electrons. The van der Waals surface area contributed by atoms with Crippen LogP contribution < -0.4 is 10.6 Å². The Morgan fingerprint density at radius 2 is 1.72 bits per heavy atom. The van der Waals surface area contributed by atoms with Gasteiger partial charge in [-0.15, -0.1) is 0 Å². The summed E-state index contributed by atoms with van der Waals surface area (Å²) < 4.78 is 39.2. The molecular weight excluding hydrogens is 477 g/mol. The van der Waals surface area contributed by atoms with Crippen LogP contribution in [0.3, 0.4) is 0 Å². The summed E-state index contributed by atoms with van der Waals surface area (Å²) in [5.41, 5.74) is -0.120. The van der Waals surface area contributed by atoms with E-state index in [1.807, 2.05) is 0 Å². The molecule has 8 nitrogen and oxygen atoms in total. The molecule has 2 aliphatic rings. The Kier molecular flexibility index (Phi) is 7.09. The van der Waals surface area contributed by atoms with E-state index >= 15 is 0 Å². The highest BCUT2D eigenvalue weighted by molar-refractivity contribution is 6.01. The Morgan fingerprint density at radius 3 is 2.36 bits per heavy atom. The van der Waals surface area contributed by atoms with Gasteiger partial charge in [-0.2, -0.15) is 13.2 Å². The average molecular weight is 505 g/mol. The number of nitrogens with one attached hydrogen (secondary N) is 2. The second-order valence-corrected chi connectivity index (χ2v) is 9.22. The van der Waals surface area contributed by atoms with Crippen molar-refractivity contribution in [1.29, 1.82) is 0 Å². The minimum absolute atomic E-state index is 0.111. The van der Waals surface area contributed by atoms with Crippen molar-refractivity contribution in [2.45, 2.75) is 50.0 Å². The highest BCUT2D eigenvalue weighted by Crippen LogP contribution is 2.36. The predicted molar refractivity (Wildman–Crippen MR) is 126 cm³/mol. The summed E-state index contributed by atoms with van der Waals surface area (Å²) in [5.74, 6) is -0.830. The number of likely N-dealkylation sites (N-methyl/N-ethyl adjacent to an activating group) is 1. The average Bonchev–Trinajstić information content (AvgIpc) is 3.09. The number of halogens is 3. The molecule has 2 aliphatic heterocycles. The van der Waals surface area contributed by atoms with Crippen LogP contribution in [-0.2, 0) is 11.0 Å². The number of amides is 3. The molecule has 2 unspecified atom stereocenters. The first-order valence-corrected chi connectivity index (χ1v) is 11.6. The highest BCUT2D eigenvalue weighted by atomic mass is 19.4. The number of hydrogen-bond acceptors (Lipinski definition) is 4.